The lowest BCUT2D eigenvalue weighted by atomic mass is 9.80. The molecule has 4 heterocycles. The summed E-state index contributed by atoms with van der Waals surface area (Å²) in [7, 11) is 0. The standard InChI is InChI=1S/C28H34N4O4/c1-3-36-20-9-10-23-21(17-20)22-18-28(2)26(33)31(12-11-30-13-15-35-16-14-30)27(34)32(28)25(24(22)29-23)19-7-5-4-6-8-19/h5,7-10,17,25,29H,3-4,6,11-16,18H2,1-2H3/t25-,28+/m1/s1. The average Bonchev–Trinajstić information content (AvgIpc) is 3.34. The predicted molar refractivity (Wildman–Crippen MR) is 137 cm³/mol. The van der Waals surface area contributed by atoms with Gasteiger partial charge in [-0.15, -0.1) is 0 Å². The number of H-pyrrole nitrogens is 1. The van der Waals surface area contributed by atoms with E-state index in [9.17, 15) is 9.59 Å². The van der Waals surface area contributed by atoms with Gasteiger partial charge in [0.1, 0.15) is 11.3 Å². The smallest absolute Gasteiger partial charge is 0.328 e. The molecule has 2 aromatic rings. The Bertz CT molecular complexity index is 1260. The van der Waals surface area contributed by atoms with Gasteiger partial charge in [-0.1, -0.05) is 18.2 Å². The van der Waals surface area contributed by atoms with Gasteiger partial charge in [-0.05, 0) is 56.0 Å². The van der Waals surface area contributed by atoms with Crippen LogP contribution < -0.4 is 4.74 Å². The molecular weight excluding hydrogens is 456 g/mol. The molecule has 6 rings (SSSR count). The number of imide groups is 1. The fourth-order valence-electron chi connectivity index (χ4n) is 6.19. The van der Waals surface area contributed by atoms with Crippen LogP contribution in [0.25, 0.3) is 10.9 Å². The predicted octanol–water partition coefficient (Wildman–Crippen LogP) is 3.80. The second-order valence-corrected chi connectivity index (χ2v) is 10.3. The monoisotopic (exact) mass is 490 g/mol. The summed E-state index contributed by atoms with van der Waals surface area (Å²) < 4.78 is 11.2. The minimum Gasteiger partial charge on any atom is -0.494 e. The van der Waals surface area contributed by atoms with Gasteiger partial charge in [0.2, 0.25) is 0 Å². The number of nitrogens with one attached hydrogen (secondary N) is 1. The van der Waals surface area contributed by atoms with Crippen molar-refractivity contribution in [3.05, 3.63) is 53.3 Å². The maximum atomic E-state index is 14.0. The molecule has 1 aliphatic carbocycles. The molecule has 190 valence electrons. The third kappa shape index (κ3) is 3.66. The molecule has 0 spiro atoms. The summed E-state index contributed by atoms with van der Waals surface area (Å²) in [5, 5.41) is 1.06. The van der Waals surface area contributed by atoms with Crippen LogP contribution in [0.5, 0.6) is 5.75 Å². The molecule has 2 atom stereocenters. The van der Waals surface area contributed by atoms with Crippen molar-refractivity contribution in [3.63, 3.8) is 0 Å². The molecule has 2 fully saturated rings. The molecular formula is C28H34N4O4. The Hall–Kier alpha value is -3.10. The van der Waals surface area contributed by atoms with Gasteiger partial charge in [0.05, 0.1) is 25.9 Å². The second-order valence-electron chi connectivity index (χ2n) is 10.3. The highest BCUT2D eigenvalue weighted by molar-refractivity contribution is 6.08. The summed E-state index contributed by atoms with van der Waals surface area (Å²) in [4.78, 5) is 37.1. The number of nitrogens with zero attached hydrogens (tertiary/aromatic N) is 3. The van der Waals surface area contributed by atoms with E-state index < -0.39 is 5.54 Å². The maximum absolute atomic E-state index is 14.0. The van der Waals surface area contributed by atoms with E-state index in [-0.39, 0.29) is 18.0 Å². The van der Waals surface area contributed by atoms with Crippen molar-refractivity contribution in [1.82, 2.24) is 19.7 Å². The number of aromatic amines is 1. The van der Waals surface area contributed by atoms with Crippen LogP contribution in [0.15, 0.2) is 42.0 Å². The zero-order valence-corrected chi connectivity index (χ0v) is 21.1. The number of urea groups is 1. The Labute approximate surface area is 211 Å². The first-order valence-electron chi connectivity index (χ1n) is 13.1. The first kappa shape index (κ1) is 23.3. The number of allylic oxidation sites excluding steroid dienone is 2. The Morgan fingerprint density at radius 3 is 2.75 bits per heavy atom. The van der Waals surface area contributed by atoms with E-state index in [1.54, 1.807) is 0 Å². The molecule has 1 N–H and O–H groups in total. The van der Waals surface area contributed by atoms with Crippen LogP contribution in [0, 0.1) is 0 Å². The molecule has 3 amide bonds. The molecule has 2 saturated heterocycles. The van der Waals surface area contributed by atoms with Gasteiger partial charge in [-0.2, -0.15) is 0 Å². The zero-order chi connectivity index (χ0) is 24.9. The lowest BCUT2D eigenvalue weighted by molar-refractivity contribution is -0.133. The lowest BCUT2D eigenvalue weighted by Gasteiger charge is -2.43. The normalized spacial score (nSPS) is 26.4. The highest BCUT2D eigenvalue weighted by atomic mass is 16.5. The van der Waals surface area contributed by atoms with Crippen molar-refractivity contribution in [2.45, 2.75) is 44.7 Å². The van der Waals surface area contributed by atoms with Crippen LogP contribution in [0.4, 0.5) is 4.79 Å². The zero-order valence-electron chi connectivity index (χ0n) is 21.1. The molecule has 3 aliphatic heterocycles. The summed E-state index contributed by atoms with van der Waals surface area (Å²) in [5.41, 5.74) is 3.24. The minimum absolute atomic E-state index is 0.105. The lowest BCUT2D eigenvalue weighted by Crippen LogP contribution is -2.53. The van der Waals surface area contributed by atoms with Crippen LogP contribution in [-0.2, 0) is 16.0 Å². The van der Waals surface area contributed by atoms with Crippen molar-refractivity contribution in [1.29, 1.82) is 0 Å². The number of carbonyl (C=O) groups is 2. The van der Waals surface area contributed by atoms with Gasteiger partial charge in [0.25, 0.3) is 5.91 Å². The molecule has 36 heavy (non-hydrogen) atoms. The minimum atomic E-state index is -0.942. The number of aromatic nitrogens is 1. The Kier molecular flexibility index (Phi) is 5.88. The molecule has 4 aliphatic rings. The molecule has 0 unspecified atom stereocenters. The quantitative estimate of drug-likeness (QED) is 0.624. The van der Waals surface area contributed by atoms with E-state index in [0.29, 0.717) is 39.3 Å². The fourth-order valence-corrected chi connectivity index (χ4v) is 6.19. The van der Waals surface area contributed by atoms with Crippen LogP contribution in [0.2, 0.25) is 0 Å². The molecule has 0 bridgehead atoms. The van der Waals surface area contributed by atoms with E-state index in [4.69, 9.17) is 9.47 Å². The summed E-state index contributed by atoms with van der Waals surface area (Å²) in [6.07, 6.45) is 8.89. The van der Waals surface area contributed by atoms with E-state index >= 15 is 0 Å². The number of amides is 3. The average molecular weight is 491 g/mol. The van der Waals surface area contributed by atoms with E-state index in [1.165, 1.54) is 4.90 Å². The van der Waals surface area contributed by atoms with Crippen LogP contribution in [0.1, 0.15) is 44.0 Å². The fraction of sp³-hybridized carbons (Fsp3) is 0.500. The second kappa shape index (κ2) is 9.09. The van der Waals surface area contributed by atoms with Crippen molar-refractivity contribution in [3.8, 4) is 5.75 Å². The highest BCUT2D eigenvalue weighted by Gasteiger charge is 2.60. The van der Waals surface area contributed by atoms with E-state index in [1.807, 2.05) is 30.9 Å². The molecule has 0 radical (unpaired) electrons. The summed E-state index contributed by atoms with van der Waals surface area (Å²) in [5.74, 6) is 0.709. The van der Waals surface area contributed by atoms with Gasteiger partial charge >= 0.3 is 6.03 Å². The topological polar surface area (TPSA) is 78.1 Å². The molecule has 1 aromatic heterocycles. The number of benzene rings is 1. The summed E-state index contributed by atoms with van der Waals surface area (Å²) >= 11 is 0. The van der Waals surface area contributed by atoms with Crippen molar-refractivity contribution in [2.24, 2.45) is 0 Å². The van der Waals surface area contributed by atoms with Gasteiger partial charge in [0.15, 0.2) is 0 Å². The van der Waals surface area contributed by atoms with Gasteiger partial charge in [0, 0.05) is 49.2 Å². The number of rotatable bonds is 6. The Balaban J connectivity index is 1.41. The van der Waals surface area contributed by atoms with E-state index in [0.717, 1.165) is 59.4 Å². The Morgan fingerprint density at radius 1 is 1.17 bits per heavy atom. The first-order valence-corrected chi connectivity index (χ1v) is 13.1. The third-order valence-electron chi connectivity index (χ3n) is 8.03. The number of hydrogen-bond donors (Lipinski definition) is 1. The molecule has 8 nitrogen and oxygen atoms in total. The van der Waals surface area contributed by atoms with Crippen LogP contribution in [-0.4, -0.2) is 83.2 Å². The van der Waals surface area contributed by atoms with E-state index in [2.05, 4.69) is 34.2 Å². The van der Waals surface area contributed by atoms with Crippen molar-refractivity contribution >= 4 is 22.8 Å². The maximum Gasteiger partial charge on any atom is 0.328 e. The van der Waals surface area contributed by atoms with Crippen LogP contribution in [0.3, 0.4) is 0 Å². The van der Waals surface area contributed by atoms with Gasteiger partial charge in [-0.25, -0.2) is 4.79 Å². The van der Waals surface area contributed by atoms with Crippen molar-refractivity contribution < 1.29 is 19.1 Å². The molecule has 8 heteroatoms. The third-order valence-corrected chi connectivity index (χ3v) is 8.03. The number of ether oxygens (including phenoxy) is 2. The Morgan fingerprint density at radius 2 is 2.00 bits per heavy atom. The largest absolute Gasteiger partial charge is 0.494 e. The highest BCUT2D eigenvalue weighted by Crippen LogP contribution is 2.49. The molecule has 1 aromatic carbocycles. The number of morpholine rings is 1. The summed E-state index contributed by atoms with van der Waals surface area (Å²) in [6, 6.07) is 5.54. The van der Waals surface area contributed by atoms with Gasteiger partial charge < -0.3 is 14.5 Å². The van der Waals surface area contributed by atoms with Crippen LogP contribution >= 0.6 is 0 Å². The van der Waals surface area contributed by atoms with Gasteiger partial charge in [-0.3, -0.25) is 19.5 Å². The SMILES string of the molecule is CCOc1ccc2[nH]c3c(c2c1)C[C@@]1(C)C(=O)N(CCN2CCOCC2)C(=O)N1[C@@H]3C1=CCCC=C1. The summed E-state index contributed by atoms with van der Waals surface area (Å²) in [6.45, 7) is 8.62. The number of fused-ring (bicyclic) bond motifs is 4. The molecule has 0 saturated carbocycles. The van der Waals surface area contributed by atoms with Crippen molar-refractivity contribution in [2.75, 3.05) is 46.0 Å². The first-order chi connectivity index (χ1) is 17.5. The number of hydrogen-bond acceptors (Lipinski definition) is 5. The number of carbonyl (C=O) groups excluding carboxylic acids is 2.